The molecule has 3 amide bonds. The lowest BCUT2D eigenvalue weighted by atomic mass is 9.82. The van der Waals surface area contributed by atoms with Crippen LogP contribution in [0.2, 0.25) is 0 Å². The molecule has 0 bridgehead atoms. The SMILES string of the molecule is Cc1ccc(C(=O)N2CCC(N(CC(C)C)C(=O)c3cccc(C)c3)C[C@@H]2C(=O)NCC2CCC(CN)CC2)cc1. The second-order valence-corrected chi connectivity index (χ2v) is 12.6. The minimum Gasteiger partial charge on any atom is -0.354 e. The number of hydrogen-bond acceptors (Lipinski definition) is 4. The number of nitrogens with one attached hydrogen (secondary N) is 1. The first-order valence-electron chi connectivity index (χ1n) is 15.4. The Balaban J connectivity index is 1.55. The molecule has 222 valence electrons. The molecule has 0 radical (unpaired) electrons. The fourth-order valence-electron chi connectivity index (χ4n) is 6.35. The van der Waals surface area contributed by atoms with Crippen molar-refractivity contribution in [2.45, 2.75) is 78.3 Å². The van der Waals surface area contributed by atoms with Crippen LogP contribution < -0.4 is 11.1 Å². The lowest BCUT2D eigenvalue weighted by Gasteiger charge is -2.43. The first-order valence-corrected chi connectivity index (χ1v) is 15.4. The second-order valence-electron chi connectivity index (χ2n) is 12.6. The number of hydrogen-bond donors (Lipinski definition) is 2. The summed E-state index contributed by atoms with van der Waals surface area (Å²) < 4.78 is 0. The molecule has 41 heavy (non-hydrogen) atoms. The molecule has 1 unspecified atom stereocenters. The van der Waals surface area contributed by atoms with E-state index in [1.807, 2.05) is 67.3 Å². The molecule has 7 heteroatoms. The van der Waals surface area contributed by atoms with E-state index in [0.29, 0.717) is 55.4 Å². The maximum Gasteiger partial charge on any atom is 0.254 e. The van der Waals surface area contributed by atoms with Crippen molar-refractivity contribution in [1.82, 2.24) is 15.1 Å². The van der Waals surface area contributed by atoms with Crippen LogP contribution in [0.3, 0.4) is 0 Å². The van der Waals surface area contributed by atoms with E-state index in [1.165, 1.54) is 0 Å². The van der Waals surface area contributed by atoms with Gasteiger partial charge >= 0.3 is 0 Å². The lowest BCUT2D eigenvalue weighted by Crippen LogP contribution is -2.58. The number of piperidine rings is 1. The Bertz CT molecular complexity index is 1190. The maximum atomic E-state index is 13.8. The average molecular weight is 561 g/mol. The minimum atomic E-state index is -0.636. The van der Waals surface area contributed by atoms with Gasteiger partial charge in [-0.1, -0.05) is 49.2 Å². The summed E-state index contributed by atoms with van der Waals surface area (Å²) in [5, 5.41) is 3.20. The summed E-state index contributed by atoms with van der Waals surface area (Å²) >= 11 is 0. The Labute approximate surface area is 245 Å². The summed E-state index contributed by atoms with van der Waals surface area (Å²) in [6, 6.07) is 14.4. The van der Waals surface area contributed by atoms with Crippen molar-refractivity contribution < 1.29 is 14.4 Å². The highest BCUT2D eigenvalue weighted by molar-refractivity contribution is 5.98. The van der Waals surface area contributed by atoms with E-state index >= 15 is 0 Å². The smallest absolute Gasteiger partial charge is 0.254 e. The Morgan fingerprint density at radius 1 is 0.927 bits per heavy atom. The van der Waals surface area contributed by atoms with Crippen LogP contribution in [-0.2, 0) is 4.79 Å². The van der Waals surface area contributed by atoms with Gasteiger partial charge in [-0.2, -0.15) is 0 Å². The molecule has 2 atom stereocenters. The Hall–Kier alpha value is -3.19. The summed E-state index contributed by atoms with van der Waals surface area (Å²) in [6.45, 7) is 10.6. The van der Waals surface area contributed by atoms with Crippen molar-refractivity contribution in [3.8, 4) is 0 Å². The Morgan fingerprint density at radius 3 is 2.24 bits per heavy atom. The van der Waals surface area contributed by atoms with Crippen molar-refractivity contribution in [2.75, 3.05) is 26.2 Å². The number of aryl methyl sites for hydroxylation is 2. The summed E-state index contributed by atoms with van der Waals surface area (Å²) in [5.74, 6) is 1.02. The molecule has 2 aromatic rings. The number of carbonyl (C=O) groups is 3. The van der Waals surface area contributed by atoms with E-state index in [4.69, 9.17) is 5.73 Å². The summed E-state index contributed by atoms with van der Waals surface area (Å²) in [6.07, 6.45) is 5.39. The average Bonchev–Trinajstić information content (AvgIpc) is 2.98. The van der Waals surface area contributed by atoms with Crippen LogP contribution in [0.25, 0.3) is 0 Å². The molecule has 3 N–H and O–H groups in total. The first-order chi connectivity index (χ1) is 19.7. The van der Waals surface area contributed by atoms with Gasteiger partial charge in [-0.3, -0.25) is 14.4 Å². The number of rotatable bonds is 9. The first kappa shape index (κ1) is 30.8. The predicted molar refractivity (Wildman–Crippen MR) is 164 cm³/mol. The number of carbonyl (C=O) groups excluding carboxylic acids is 3. The van der Waals surface area contributed by atoms with Crippen molar-refractivity contribution in [3.05, 3.63) is 70.8 Å². The number of benzene rings is 2. The maximum absolute atomic E-state index is 13.8. The highest BCUT2D eigenvalue weighted by Gasteiger charge is 2.40. The molecule has 1 heterocycles. The van der Waals surface area contributed by atoms with E-state index in [9.17, 15) is 14.4 Å². The molecule has 2 aliphatic rings. The monoisotopic (exact) mass is 560 g/mol. The molecule has 1 aliphatic carbocycles. The van der Waals surface area contributed by atoms with E-state index < -0.39 is 6.04 Å². The normalized spacial score (nSPS) is 22.8. The Kier molecular flexibility index (Phi) is 10.6. The molecule has 7 nitrogen and oxygen atoms in total. The standard InChI is InChI=1S/C34H48N4O3/c1-23(2)22-38(34(41)29-7-5-6-25(4)18-29)30-16-17-37(33(40)28-14-8-24(3)9-15-28)31(19-30)32(39)36-21-27-12-10-26(20-35)11-13-27/h5-9,14-15,18,23,26-27,30-31H,10-13,16-17,19-22,35H2,1-4H3,(H,36,39)/t26?,27?,30?,31-/m1/s1. The van der Waals surface area contributed by atoms with Crippen molar-refractivity contribution >= 4 is 17.7 Å². The minimum absolute atomic E-state index is 0.0125. The fraction of sp³-hybridized carbons (Fsp3) is 0.559. The molecular formula is C34H48N4O3. The molecule has 1 saturated heterocycles. The van der Waals surface area contributed by atoms with Gasteiger partial charge in [0.2, 0.25) is 5.91 Å². The zero-order chi connectivity index (χ0) is 29.5. The molecule has 0 aromatic heterocycles. The molecule has 2 fully saturated rings. The van der Waals surface area contributed by atoms with Crippen LogP contribution in [0.5, 0.6) is 0 Å². The molecule has 4 rings (SSSR count). The fourth-order valence-corrected chi connectivity index (χ4v) is 6.35. The summed E-state index contributed by atoms with van der Waals surface area (Å²) in [4.78, 5) is 45.0. The third-order valence-corrected chi connectivity index (χ3v) is 8.83. The lowest BCUT2D eigenvalue weighted by molar-refractivity contribution is -0.127. The number of nitrogens with two attached hydrogens (primary N) is 1. The highest BCUT2D eigenvalue weighted by atomic mass is 16.2. The van der Waals surface area contributed by atoms with Crippen molar-refractivity contribution in [3.63, 3.8) is 0 Å². The highest BCUT2D eigenvalue weighted by Crippen LogP contribution is 2.29. The van der Waals surface area contributed by atoms with Gasteiger partial charge in [-0.05, 0) is 101 Å². The van der Waals surface area contributed by atoms with Gasteiger partial charge in [-0.15, -0.1) is 0 Å². The molecule has 2 aromatic carbocycles. The van der Waals surface area contributed by atoms with Crippen LogP contribution in [0.1, 0.15) is 84.2 Å². The van der Waals surface area contributed by atoms with Gasteiger partial charge < -0.3 is 20.9 Å². The second kappa shape index (κ2) is 14.1. The number of likely N-dealkylation sites (tertiary alicyclic amines) is 1. The van der Waals surface area contributed by atoms with Gasteiger partial charge in [0.05, 0.1) is 0 Å². The molecule has 1 saturated carbocycles. The van der Waals surface area contributed by atoms with E-state index in [1.54, 1.807) is 4.90 Å². The summed E-state index contributed by atoms with van der Waals surface area (Å²) in [7, 11) is 0. The van der Waals surface area contributed by atoms with Crippen LogP contribution >= 0.6 is 0 Å². The predicted octanol–water partition coefficient (Wildman–Crippen LogP) is 4.96. The molecule has 0 spiro atoms. The summed E-state index contributed by atoms with van der Waals surface area (Å²) in [5.41, 5.74) is 9.24. The zero-order valence-electron chi connectivity index (χ0n) is 25.3. The van der Waals surface area contributed by atoms with Crippen LogP contribution in [0.4, 0.5) is 0 Å². The van der Waals surface area contributed by atoms with Crippen molar-refractivity contribution in [1.29, 1.82) is 0 Å². The van der Waals surface area contributed by atoms with Gasteiger partial charge in [0.15, 0.2) is 0 Å². The van der Waals surface area contributed by atoms with Gasteiger partial charge in [0, 0.05) is 36.8 Å². The number of amides is 3. The third kappa shape index (κ3) is 7.97. The van der Waals surface area contributed by atoms with E-state index in [-0.39, 0.29) is 29.7 Å². The largest absolute Gasteiger partial charge is 0.354 e. The molecular weight excluding hydrogens is 512 g/mol. The zero-order valence-corrected chi connectivity index (χ0v) is 25.3. The Morgan fingerprint density at radius 2 is 1.61 bits per heavy atom. The third-order valence-electron chi connectivity index (χ3n) is 8.83. The number of nitrogens with zero attached hydrogens (tertiary/aromatic N) is 2. The van der Waals surface area contributed by atoms with Gasteiger partial charge in [-0.25, -0.2) is 0 Å². The topological polar surface area (TPSA) is 95.7 Å². The van der Waals surface area contributed by atoms with E-state index in [0.717, 1.165) is 43.4 Å². The van der Waals surface area contributed by atoms with Crippen LogP contribution in [0.15, 0.2) is 48.5 Å². The van der Waals surface area contributed by atoms with E-state index in [2.05, 4.69) is 19.2 Å². The van der Waals surface area contributed by atoms with Gasteiger partial charge in [0.25, 0.3) is 11.8 Å². The van der Waals surface area contributed by atoms with Crippen LogP contribution in [0, 0.1) is 31.6 Å². The van der Waals surface area contributed by atoms with Crippen LogP contribution in [-0.4, -0.2) is 65.8 Å². The quantitative estimate of drug-likeness (QED) is 0.453. The molecule has 1 aliphatic heterocycles. The van der Waals surface area contributed by atoms with Crippen molar-refractivity contribution in [2.24, 2.45) is 23.5 Å². The van der Waals surface area contributed by atoms with Gasteiger partial charge in [0.1, 0.15) is 6.04 Å².